The van der Waals surface area contributed by atoms with Crippen LogP contribution in [-0.2, 0) is 4.79 Å². The first-order valence-electron chi connectivity index (χ1n) is 8.03. The van der Waals surface area contributed by atoms with Gasteiger partial charge in [-0.3, -0.25) is 4.79 Å². The Morgan fingerprint density at radius 1 is 1.30 bits per heavy atom. The highest BCUT2D eigenvalue weighted by molar-refractivity contribution is 5.81. The first kappa shape index (κ1) is 18.8. The number of benzene rings is 1. The van der Waals surface area contributed by atoms with Gasteiger partial charge in [-0.25, -0.2) is 0 Å². The summed E-state index contributed by atoms with van der Waals surface area (Å²) >= 11 is 0. The van der Waals surface area contributed by atoms with Crippen LogP contribution in [0.5, 0.6) is 11.5 Å². The number of carbonyl (C=O) groups excluding carboxylic acids is 1. The lowest BCUT2D eigenvalue weighted by atomic mass is 10.0. The van der Waals surface area contributed by atoms with Crippen molar-refractivity contribution in [3.63, 3.8) is 0 Å². The van der Waals surface area contributed by atoms with Crippen molar-refractivity contribution in [1.82, 2.24) is 4.90 Å². The molecule has 23 heavy (non-hydrogen) atoms. The first-order valence-corrected chi connectivity index (χ1v) is 8.03. The van der Waals surface area contributed by atoms with E-state index in [1.807, 2.05) is 39.0 Å². The Morgan fingerprint density at radius 2 is 2.00 bits per heavy atom. The van der Waals surface area contributed by atoms with Crippen molar-refractivity contribution in [2.45, 2.75) is 33.6 Å². The minimum absolute atomic E-state index is 0.0922. The number of nitriles is 1. The Bertz CT molecular complexity index is 548. The molecule has 0 bridgehead atoms. The standard InChI is InChI=1S/C18H26N2O3/c1-5-20(6-2)18(21)15(13-19)8-7-11-23-16-10-9-14(3)12-17(16)22-4/h9-10,12,15H,5-8,11H2,1-4H3. The number of amides is 1. The van der Waals surface area contributed by atoms with Crippen molar-refractivity contribution in [3.8, 4) is 17.6 Å². The van der Waals surface area contributed by atoms with E-state index in [1.165, 1.54) is 0 Å². The lowest BCUT2D eigenvalue weighted by Gasteiger charge is -2.21. The second-order valence-electron chi connectivity index (χ2n) is 5.34. The van der Waals surface area contributed by atoms with Crippen LogP contribution in [0.4, 0.5) is 0 Å². The van der Waals surface area contributed by atoms with Crippen LogP contribution >= 0.6 is 0 Å². The molecular weight excluding hydrogens is 292 g/mol. The normalized spacial score (nSPS) is 11.4. The largest absolute Gasteiger partial charge is 0.493 e. The summed E-state index contributed by atoms with van der Waals surface area (Å²) < 4.78 is 11.0. The molecule has 1 aromatic rings. The number of methoxy groups -OCH3 is 1. The zero-order valence-electron chi connectivity index (χ0n) is 14.5. The van der Waals surface area contributed by atoms with Crippen LogP contribution in [-0.4, -0.2) is 37.6 Å². The van der Waals surface area contributed by atoms with Gasteiger partial charge in [0, 0.05) is 13.1 Å². The van der Waals surface area contributed by atoms with Crippen LogP contribution in [0.15, 0.2) is 18.2 Å². The average Bonchev–Trinajstić information content (AvgIpc) is 2.56. The molecule has 1 amide bonds. The molecule has 1 rings (SSSR count). The van der Waals surface area contributed by atoms with E-state index in [-0.39, 0.29) is 5.91 Å². The molecule has 0 N–H and O–H groups in total. The topological polar surface area (TPSA) is 62.6 Å². The van der Waals surface area contributed by atoms with Crippen LogP contribution in [0.3, 0.4) is 0 Å². The van der Waals surface area contributed by atoms with Crippen molar-refractivity contribution < 1.29 is 14.3 Å². The smallest absolute Gasteiger partial charge is 0.239 e. The molecule has 5 heteroatoms. The average molecular weight is 318 g/mol. The fourth-order valence-corrected chi connectivity index (χ4v) is 2.36. The molecule has 0 aromatic heterocycles. The predicted molar refractivity (Wildman–Crippen MR) is 89.5 cm³/mol. The zero-order chi connectivity index (χ0) is 17.2. The van der Waals surface area contributed by atoms with E-state index in [2.05, 4.69) is 6.07 Å². The Morgan fingerprint density at radius 3 is 2.57 bits per heavy atom. The summed E-state index contributed by atoms with van der Waals surface area (Å²) in [4.78, 5) is 13.9. The molecule has 0 saturated carbocycles. The van der Waals surface area contributed by atoms with E-state index in [1.54, 1.807) is 12.0 Å². The Hall–Kier alpha value is -2.22. The van der Waals surface area contributed by atoms with Gasteiger partial charge in [0.2, 0.25) is 5.91 Å². The third kappa shape index (κ3) is 5.48. The maximum absolute atomic E-state index is 12.2. The quantitative estimate of drug-likeness (QED) is 0.656. The van der Waals surface area contributed by atoms with Crippen LogP contribution in [0, 0.1) is 24.2 Å². The zero-order valence-corrected chi connectivity index (χ0v) is 14.5. The molecular formula is C18H26N2O3. The highest BCUT2D eigenvalue weighted by Gasteiger charge is 2.21. The molecule has 1 unspecified atom stereocenters. The van der Waals surface area contributed by atoms with Gasteiger partial charge in [0.15, 0.2) is 11.5 Å². The van der Waals surface area contributed by atoms with Crippen molar-refractivity contribution in [1.29, 1.82) is 5.26 Å². The molecule has 0 aliphatic heterocycles. The molecule has 0 aliphatic rings. The summed E-state index contributed by atoms with van der Waals surface area (Å²) in [5.74, 6) is 0.687. The SMILES string of the molecule is CCN(CC)C(=O)C(C#N)CCCOc1ccc(C)cc1OC. The summed E-state index contributed by atoms with van der Waals surface area (Å²) in [5, 5.41) is 9.21. The maximum Gasteiger partial charge on any atom is 0.239 e. The van der Waals surface area contributed by atoms with E-state index < -0.39 is 5.92 Å². The Balaban J connectivity index is 2.50. The second kappa shape index (κ2) is 9.73. The van der Waals surface area contributed by atoms with Crippen molar-refractivity contribution >= 4 is 5.91 Å². The van der Waals surface area contributed by atoms with E-state index in [4.69, 9.17) is 9.47 Å². The number of ether oxygens (including phenoxy) is 2. The number of nitrogens with zero attached hydrogens (tertiary/aromatic N) is 2. The highest BCUT2D eigenvalue weighted by atomic mass is 16.5. The van der Waals surface area contributed by atoms with E-state index in [9.17, 15) is 10.1 Å². The number of carbonyl (C=O) groups is 1. The van der Waals surface area contributed by atoms with Crippen LogP contribution in [0.25, 0.3) is 0 Å². The molecule has 0 radical (unpaired) electrons. The summed E-state index contributed by atoms with van der Waals surface area (Å²) in [6, 6.07) is 7.85. The van der Waals surface area contributed by atoms with Gasteiger partial charge in [-0.1, -0.05) is 6.07 Å². The lowest BCUT2D eigenvalue weighted by molar-refractivity contribution is -0.133. The molecule has 1 atom stereocenters. The van der Waals surface area contributed by atoms with Gasteiger partial charge < -0.3 is 14.4 Å². The van der Waals surface area contributed by atoms with Gasteiger partial charge in [0.25, 0.3) is 0 Å². The summed E-state index contributed by atoms with van der Waals surface area (Å²) in [5.41, 5.74) is 1.10. The van der Waals surface area contributed by atoms with Crippen molar-refractivity contribution in [2.24, 2.45) is 5.92 Å². The molecule has 0 aliphatic carbocycles. The molecule has 1 aromatic carbocycles. The first-order chi connectivity index (χ1) is 11.1. The van der Waals surface area contributed by atoms with Crippen LogP contribution < -0.4 is 9.47 Å². The summed E-state index contributed by atoms with van der Waals surface area (Å²) in [7, 11) is 1.61. The third-order valence-electron chi connectivity index (χ3n) is 3.74. The molecule has 0 spiro atoms. The van der Waals surface area contributed by atoms with Gasteiger partial charge in [-0.05, 0) is 51.3 Å². The van der Waals surface area contributed by atoms with Gasteiger partial charge in [-0.2, -0.15) is 5.26 Å². The minimum atomic E-state index is -0.599. The van der Waals surface area contributed by atoms with Gasteiger partial charge in [0.1, 0.15) is 5.92 Å². The maximum atomic E-state index is 12.2. The minimum Gasteiger partial charge on any atom is -0.493 e. The van der Waals surface area contributed by atoms with Crippen LogP contribution in [0.1, 0.15) is 32.3 Å². The Labute approximate surface area is 138 Å². The second-order valence-corrected chi connectivity index (χ2v) is 5.34. The lowest BCUT2D eigenvalue weighted by Crippen LogP contribution is -2.35. The fourth-order valence-electron chi connectivity index (χ4n) is 2.36. The Kier molecular flexibility index (Phi) is 7.96. The monoisotopic (exact) mass is 318 g/mol. The molecule has 0 heterocycles. The van der Waals surface area contributed by atoms with Gasteiger partial charge in [-0.15, -0.1) is 0 Å². The van der Waals surface area contributed by atoms with Crippen molar-refractivity contribution in [2.75, 3.05) is 26.8 Å². The fraction of sp³-hybridized carbons (Fsp3) is 0.556. The van der Waals surface area contributed by atoms with Gasteiger partial charge >= 0.3 is 0 Å². The number of rotatable bonds is 9. The number of aryl methyl sites for hydroxylation is 1. The van der Waals surface area contributed by atoms with E-state index >= 15 is 0 Å². The molecule has 126 valence electrons. The molecule has 0 saturated heterocycles. The third-order valence-corrected chi connectivity index (χ3v) is 3.74. The number of hydrogen-bond acceptors (Lipinski definition) is 4. The predicted octanol–water partition coefficient (Wildman–Crippen LogP) is 3.17. The molecule has 5 nitrogen and oxygen atoms in total. The van der Waals surface area contributed by atoms with E-state index in [0.29, 0.717) is 44.0 Å². The number of hydrogen-bond donors (Lipinski definition) is 0. The van der Waals surface area contributed by atoms with E-state index in [0.717, 1.165) is 5.56 Å². The highest BCUT2D eigenvalue weighted by Crippen LogP contribution is 2.28. The van der Waals surface area contributed by atoms with Crippen LogP contribution in [0.2, 0.25) is 0 Å². The summed E-state index contributed by atoms with van der Waals surface area (Å²) in [6.07, 6.45) is 1.14. The molecule has 0 fully saturated rings. The van der Waals surface area contributed by atoms with Gasteiger partial charge in [0.05, 0.1) is 19.8 Å². The van der Waals surface area contributed by atoms with Crippen molar-refractivity contribution in [3.05, 3.63) is 23.8 Å². The summed E-state index contributed by atoms with van der Waals surface area (Å²) in [6.45, 7) is 7.53.